The van der Waals surface area contributed by atoms with E-state index in [2.05, 4.69) is 39.0 Å². The highest BCUT2D eigenvalue weighted by Gasteiger charge is 2.70. The molecule has 0 aromatic heterocycles. The largest absolute Gasteiger partial charge is 0.314 e. The lowest BCUT2D eigenvalue weighted by Gasteiger charge is -2.53. The van der Waals surface area contributed by atoms with Crippen LogP contribution in [0.3, 0.4) is 0 Å². The number of carbonyl (C=O) groups is 1. The maximum atomic E-state index is 13.9. The lowest BCUT2D eigenvalue weighted by atomic mass is 9.45. The Morgan fingerprint density at radius 2 is 1.81 bits per heavy atom. The molecule has 31 heavy (non-hydrogen) atoms. The molecule has 4 atom stereocenters. The van der Waals surface area contributed by atoms with Crippen LogP contribution < -0.4 is 4.90 Å². The van der Waals surface area contributed by atoms with E-state index in [1.165, 1.54) is 0 Å². The van der Waals surface area contributed by atoms with Crippen molar-refractivity contribution in [2.45, 2.75) is 39.0 Å². The van der Waals surface area contributed by atoms with E-state index in [1.807, 2.05) is 30.3 Å². The SMILES string of the molecule is CN1C(=O)C2(c3ccccc31)C(C#N)C(=N)C(C#N)(C#N)C1=CCC(C(C)(C)C)CC12. The van der Waals surface area contributed by atoms with E-state index in [0.29, 0.717) is 24.0 Å². The summed E-state index contributed by atoms with van der Waals surface area (Å²) in [5, 5.41) is 39.3. The van der Waals surface area contributed by atoms with E-state index in [0.717, 1.165) is 5.69 Å². The van der Waals surface area contributed by atoms with Gasteiger partial charge in [0.05, 0.1) is 23.9 Å². The van der Waals surface area contributed by atoms with Gasteiger partial charge in [0, 0.05) is 18.7 Å². The summed E-state index contributed by atoms with van der Waals surface area (Å²) in [6.07, 6.45) is 3.17. The number of anilines is 1. The number of nitriles is 3. The number of para-hydroxylation sites is 1. The van der Waals surface area contributed by atoms with E-state index >= 15 is 0 Å². The van der Waals surface area contributed by atoms with Crippen LogP contribution in [0, 0.1) is 68.0 Å². The summed E-state index contributed by atoms with van der Waals surface area (Å²) in [5.41, 5.74) is -1.48. The normalized spacial score (nSPS) is 31.2. The molecule has 1 N–H and O–H groups in total. The number of likely N-dealkylation sites (N-methyl/N-ethyl adjacent to an activating group) is 1. The van der Waals surface area contributed by atoms with Gasteiger partial charge >= 0.3 is 0 Å². The van der Waals surface area contributed by atoms with Gasteiger partial charge in [0.25, 0.3) is 0 Å². The zero-order valence-corrected chi connectivity index (χ0v) is 18.2. The lowest BCUT2D eigenvalue weighted by molar-refractivity contribution is -0.126. The molecule has 2 aliphatic carbocycles. The van der Waals surface area contributed by atoms with Gasteiger partial charge in [0.1, 0.15) is 11.3 Å². The number of allylic oxidation sites excluding steroid dienone is 2. The molecule has 1 fully saturated rings. The van der Waals surface area contributed by atoms with Crippen molar-refractivity contribution in [2.24, 2.45) is 28.6 Å². The second-order valence-corrected chi connectivity index (χ2v) is 9.95. The maximum absolute atomic E-state index is 13.9. The van der Waals surface area contributed by atoms with Crippen molar-refractivity contribution in [2.75, 3.05) is 11.9 Å². The van der Waals surface area contributed by atoms with Crippen molar-refractivity contribution in [3.05, 3.63) is 41.5 Å². The highest BCUT2D eigenvalue weighted by Crippen LogP contribution is 2.63. The average molecular weight is 412 g/mol. The van der Waals surface area contributed by atoms with Gasteiger partial charge in [-0.3, -0.25) is 4.79 Å². The first-order chi connectivity index (χ1) is 14.6. The molecule has 6 nitrogen and oxygen atoms in total. The van der Waals surface area contributed by atoms with Crippen molar-refractivity contribution in [3.63, 3.8) is 0 Å². The number of nitrogens with one attached hydrogen (secondary N) is 1. The van der Waals surface area contributed by atoms with Gasteiger partial charge in [-0.25, -0.2) is 0 Å². The number of rotatable bonds is 0. The fourth-order valence-corrected chi connectivity index (χ4v) is 5.95. The van der Waals surface area contributed by atoms with Crippen LogP contribution in [0.2, 0.25) is 0 Å². The zero-order chi connectivity index (χ0) is 22.8. The number of amides is 1. The summed E-state index contributed by atoms with van der Waals surface area (Å²) in [6, 6.07) is 13.7. The van der Waals surface area contributed by atoms with Crippen molar-refractivity contribution in [1.29, 1.82) is 21.2 Å². The monoisotopic (exact) mass is 411 g/mol. The molecule has 4 rings (SSSR count). The van der Waals surface area contributed by atoms with Crippen LogP contribution in [0.5, 0.6) is 0 Å². The van der Waals surface area contributed by atoms with Gasteiger partial charge in [0.15, 0.2) is 0 Å². The smallest absolute Gasteiger partial charge is 0.239 e. The molecule has 0 bridgehead atoms. The van der Waals surface area contributed by atoms with Crippen molar-refractivity contribution in [3.8, 4) is 18.2 Å². The van der Waals surface area contributed by atoms with Crippen molar-refractivity contribution < 1.29 is 4.79 Å². The minimum atomic E-state index is -1.81. The van der Waals surface area contributed by atoms with Gasteiger partial charge in [-0.15, -0.1) is 0 Å². The Morgan fingerprint density at radius 3 is 2.39 bits per heavy atom. The molecule has 6 heteroatoms. The molecular weight excluding hydrogens is 386 g/mol. The fraction of sp³-hybridized carbons (Fsp3) is 0.480. The Labute approximate surface area is 182 Å². The highest BCUT2D eigenvalue weighted by atomic mass is 16.2. The van der Waals surface area contributed by atoms with E-state index in [4.69, 9.17) is 5.41 Å². The van der Waals surface area contributed by atoms with E-state index in [1.54, 1.807) is 11.9 Å². The fourth-order valence-electron chi connectivity index (χ4n) is 5.95. The van der Waals surface area contributed by atoms with Crippen LogP contribution in [-0.2, 0) is 10.2 Å². The molecule has 156 valence electrons. The minimum absolute atomic E-state index is 0.0503. The Kier molecular flexibility index (Phi) is 4.39. The lowest BCUT2D eigenvalue weighted by Crippen LogP contribution is -2.62. The molecule has 1 saturated carbocycles. The summed E-state index contributed by atoms with van der Waals surface area (Å²) >= 11 is 0. The third kappa shape index (κ3) is 2.35. The Balaban J connectivity index is 2.09. The van der Waals surface area contributed by atoms with Crippen molar-refractivity contribution in [1.82, 2.24) is 0 Å². The second-order valence-electron chi connectivity index (χ2n) is 9.95. The van der Waals surface area contributed by atoms with Gasteiger partial charge in [-0.05, 0) is 41.4 Å². The zero-order valence-electron chi connectivity index (χ0n) is 18.2. The number of fused-ring (bicyclic) bond motifs is 4. The highest BCUT2D eigenvalue weighted by molar-refractivity contribution is 6.15. The Bertz CT molecular complexity index is 1140. The third-order valence-electron chi connectivity index (χ3n) is 7.71. The van der Waals surface area contributed by atoms with Crippen LogP contribution >= 0.6 is 0 Å². The molecule has 4 unspecified atom stereocenters. The first-order valence-electron chi connectivity index (χ1n) is 10.5. The summed E-state index contributed by atoms with van der Waals surface area (Å²) in [5.74, 6) is -1.71. The molecular formula is C25H25N5O. The maximum Gasteiger partial charge on any atom is 0.239 e. The quantitative estimate of drug-likeness (QED) is 0.647. The van der Waals surface area contributed by atoms with Crippen LogP contribution in [0.4, 0.5) is 5.69 Å². The van der Waals surface area contributed by atoms with Crippen LogP contribution in [0.25, 0.3) is 0 Å². The number of hydrogen-bond donors (Lipinski definition) is 1. The van der Waals surface area contributed by atoms with Gasteiger partial charge in [0.2, 0.25) is 11.3 Å². The third-order valence-corrected chi connectivity index (χ3v) is 7.71. The number of hydrogen-bond acceptors (Lipinski definition) is 5. The molecule has 3 aliphatic rings. The van der Waals surface area contributed by atoms with Crippen LogP contribution in [-0.4, -0.2) is 18.7 Å². The summed E-state index contributed by atoms with van der Waals surface area (Å²) in [7, 11) is 1.69. The molecule has 1 spiro atoms. The first kappa shape index (κ1) is 20.8. The van der Waals surface area contributed by atoms with E-state index in [9.17, 15) is 20.6 Å². The molecule has 1 aromatic rings. The number of nitrogens with zero attached hydrogens (tertiary/aromatic N) is 4. The van der Waals surface area contributed by atoms with E-state index < -0.39 is 22.7 Å². The first-order valence-corrected chi connectivity index (χ1v) is 10.5. The average Bonchev–Trinajstić information content (AvgIpc) is 2.97. The number of benzene rings is 1. The van der Waals surface area contributed by atoms with E-state index in [-0.39, 0.29) is 23.0 Å². The van der Waals surface area contributed by atoms with Gasteiger partial charge in [-0.1, -0.05) is 45.0 Å². The molecule has 0 saturated heterocycles. The van der Waals surface area contributed by atoms with Crippen molar-refractivity contribution >= 4 is 17.3 Å². The minimum Gasteiger partial charge on any atom is -0.314 e. The summed E-state index contributed by atoms with van der Waals surface area (Å²) in [6.45, 7) is 6.44. The Hall–Kier alpha value is -3.43. The topological polar surface area (TPSA) is 116 Å². The number of carbonyl (C=O) groups excluding carboxylic acids is 1. The molecule has 1 amide bonds. The Morgan fingerprint density at radius 1 is 1.16 bits per heavy atom. The molecule has 1 aromatic carbocycles. The predicted octanol–water partition coefficient (Wildman–Crippen LogP) is 4.11. The summed E-state index contributed by atoms with van der Waals surface area (Å²) < 4.78 is 0. The van der Waals surface area contributed by atoms with Gasteiger partial charge < -0.3 is 10.3 Å². The molecule has 1 heterocycles. The molecule has 1 aliphatic heterocycles. The van der Waals surface area contributed by atoms with Crippen LogP contribution in [0.1, 0.15) is 39.2 Å². The summed E-state index contributed by atoms with van der Waals surface area (Å²) in [4.78, 5) is 15.5. The standard InChI is InChI=1S/C25H25N5O/c1-23(2,3)15-9-10-16-18(11-15)25(19(12-26)21(29)24(16,13-27)14-28)17-7-5-6-8-20(17)30(4)22(25)31/h5-8,10,15,18-19,29H,9,11H2,1-4H3. The second kappa shape index (κ2) is 6.53. The van der Waals surface area contributed by atoms with Crippen LogP contribution in [0.15, 0.2) is 35.9 Å². The predicted molar refractivity (Wildman–Crippen MR) is 116 cm³/mol. The van der Waals surface area contributed by atoms with Gasteiger partial charge in [-0.2, -0.15) is 15.8 Å². The molecule has 0 radical (unpaired) electrons.